The van der Waals surface area contributed by atoms with Gasteiger partial charge in [-0.15, -0.1) is 11.3 Å². The molecular weight excluding hydrogens is 389 g/mol. The maximum absolute atomic E-state index is 12.6. The average Bonchev–Trinajstić information content (AvgIpc) is 3.13. The third-order valence-electron chi connectivity index (χ3n) is 4.05. The van der Waals surface area contributed by atoms with E-state index < -0.39 is 27.5 Å². The fraction of sp³-hybridized carbons (Fsp3) is 0.375. The average molecular weight is 404 g/mol. The molecule has 1 aromatic heterocycles. The number of aromatic nitrogens is 1. The van der Waals surface area contributed by atoms with Crippen molar-refractivity contribution in [3.63, 3.8) is 0 Å². The van der Waals surface area contributed by atoms with Crippen LogP contribution in [-0.2, 0) is 27.2 Å². The molecule has 1 saturated heterocycles. The minimum atomic E-state index is -4.37. The smallest absolute Gasteiger partial charge is 0.302 e. The number of benzene rings is 1. The van der Waals surface area contributed by atoms with Gasteiger partial charge >= 0.3 is 6.18 Å². The summed E-state index contributed by atoms with van der Waals surface area (Å²) in [5.74, 6) is -1.08. The molecule has 1 amide bonds. The molecule has 1 aliphatic heterocycles. The number of carbonyl (C=O) groups is 1. The van der Waals surface area contributed by atoms with Crippen LogP contribution < -0.4 is 5.32 Å². The molecular formula is C16H15F3N2O3S2. The highest BCUT2D eigenvalue weighted by atomic mass is 32.2. The van der Waals surface area contributed by atoms with E-state index in [2.05, 4.69) is 10.3 Å². The maximum atomic E-state index is 12.6. The van der Waals surface area contributed by atoms with E-state index in [9.17, 15) is 26.4 Å². The molecule has 0 saturated carbocycles. The summed E-state index contributed by atoms with van der Waals surface area (Å²) in [5, 5.41) is 2.96. The van der Waals surface area contributed by atoms with Gasteiger partial charge in [0.2, 0.25) is 5.91 Å². The first-order valence-corrected chi connectivity index (χ1v) is 10.4. The van der Waals surface area contributed by atoms with Gasteiger partial charge in [-0.05, 0) is 24.1 Å². The molecule has 10 heteroatoms. The van der Waals surface area contributed by atoms with Crippen molar-refractivity contribution in [2.24, 2.45) is 5.92 Å². The first-order valence-electron chi connectivity index (χ1n) is 7.74. The number of halogens is 3. The second-order valence-electron chi connectivity index (χ2n) is 6.09. The third-order valence-corrected chi connectivity index (χ3v) is 6.73. The van der Waals surface area contributed by atoms with E-state index >= 15 is 0 Å². The van der Waals surface area contributed by atoms with E-state index in [0.717, 1.165) is 17.0 Å². The summed E-state index contributed by atoms with van der Waals surface area (Å²) in [4.78, 5) is 16.9. The molecule has 26 heavy (non-hydrogen) atoms. The highest BCUT2D eigenvalue weighted by Gasteiger charge is 2.33. The summed E-state index contributed by atoms with van der Waals surface area (Å²) in [6.45, 7) is 0. The van der Waals surface area contributed by atoms with Crippen molar-refractivity contribution in [1.82, 2.24) is 4.98 Å². The van der Waals surface area contributed by atoms with Crippen LogP contribution >= 0.6 is 11.3 Å². The summed E-state index contributed by atoms with van der Waals surface area (Å²) < 4.78 is 60.5. The Bertz CT molecular complexity index is 906. The van der Waals surface area contributed by atoms with Gasteiger partial charge in [-0.2, -0.15) is 13.2 Å². The van der Waals surface area contributed by atoms with E-state index in [-0.39, 0.29) is 17.4 Å². The lowest BCUT2D eigenvalue weighted by molar-refractivity contribution is -0.137. The summed E-state index contributed by atoms with van der Waals surface area (Å²) in [6, 6.07) is 4.87. The zero-order valence-electron chi connectivity index (χ0n) is 13.4. The lowest BCUT2D eigenvalue weighted by atomic mass is 10.1. The summed E-state index contributed by atoms with van der Waals surface area (Å²) in [6.07, 6.45) is -2.13. The van der Waals surface area contributed by atoms with Gasteiger partial charge in [0, 0.05) is 17.5 Å². The Morgan fingerprint density at radius 3 is 2.54 bits per heavy atom. The fourth-order valence-electron chi connectivity index (χ4n) is 2.67. The topological polar surface area (TPSA) is 76.1 Å². The standard InChI is InChI=1S/C16H15F3N2O3S2/c17-16(18,19)12-3-1-10(2-4-12)7-13-8-20-15(25-13)21-14(22)11-5-6-26(23,24)9-11/h1-4,8,11H,5-7,9H2,(H,20,21,22). The van der Waals surface area contributed by atoms with Crippen molar-refractivity contribution in [2.45, 2.75) is 19.0 Å². The minimum Gasteiger partial charge on any atom is -0.302 e. The van der Waals surface area contributed by atoms with Crippen LogP contribution in [-0.4, -0.2) is 30.8 Å². The molecule has 1 unspecified atom stereocenters. The van der Waals surface area contributed by atoms with Crippen LogP contribution in [0.2, 0.25) is 0 Å². The molecule has 1 aliphatic rings. The number of nitrogens with zero attached hydrogens (tertiary/aromatic N) is 1. The summed E-state index contributed by atoms with van der Waals surface area (Å²) in [5.41, 5.74) is -0.00793. The van der Waals surface area contributed by atoms with Crippen molar-refractivity contribution in [2.75, 3.05) is 16.8 Å². The highest BCUT2D eigenvalue weighted by Crippen LogP contribution is 2.30. The van der Waals surface area contributed by atoms with Gasteiger partial charge in [-0.3, -0.25) is 4.79 Å². The molecule has 0 spiro atoms. The van der Waals surface area contributed by atoms with Crippen LogP contribution in [0.4, 0.5) is 18.3 Å². The molecule has 1 N–H and O–H groups in total. The van der Waals surface area contributed by atoms with Gasteiger partial charge in [-0.1, -0.05) is 12.1 Å². The van der Waals surface area contributed by atoms with Crippen LogP contribution in [0.1, 0.15) is 22.4 Å². The molecule has 0 aliphatic carbocycles. The molecule has 3 rings (SSSR count). The number of anilines is 1. The van der Waals surface area contributed by atoms with Crippen molar-refractivity contribution in [3.8, 4) is 0 Å². The Hall–Kier alpha value is -1.94. The second kappa shape index (κ2) is 6.99. The molecule has 1 fully saturated rings. The highest BCUT2D eigenvalue weighted by molar-refractivity contribution is 7.91. The zero-order valence-corrected chi connectivity index (χ0v) is 15.0. The van der Waals surface area contributed by atoms with Crippen molar-refractivity contribution >= 4 is 32.2 Å². The lowest BCUT2D eigenvalue weighted by Crippen LogP contribution is -2.23. The number of rotatable bonds is 4. The van der Waals surface area contributed by atoms with Crippen LogP contribution in [0.3, 0.4) is 0 Å². The Kier molecular flexibility index (Phi) is 5.07. The van der Waals surface area contributed by atoms with Crippen LogP contribution in [0.25, 0.3) is 0 Å². The fourth-order valence-corrected chi connectivity index (χ4v) is 5.26. The van der Waals surface area contributed by atoms with Crippen molar-refractivity contribution in [3.05, 3.63) is 46.5 Å². The minimum absolute atomic E-state index is 0.0160. The molecule has 0 radical (unpaired) electrons. The first kappa shape index (κ1) is 18.8. The molecule has 0 bridgehead atoms. The second-order valence-corrected chi connectivity index (χ2v) is 9.44. The Morgan fingerprint density at radius 2 is 1.96 bits per heavy atom. The van der Waals surface area contributed by atoms with Gasteiger partial charge < -0.3 is 5.32 Å². The van der Waals surface area contributed by atoms with E-state index in [1.165, 1.54) is 23.5 Å². The molecule has 140 valence electrons. The summed E-state index contributed by atoms with van der Waals surface area (Å²) in [7, 11) is -3.14. The predicted octanol–water partition coefficient (Wildman–Crippen LogP) is 3.13. The first-order chi connectivity index (χ1) is 12.1. The molecule has 2 heterocycles. The normalized spacial score (nSPS) is 19.4. The van der Waals surface area contributed by atoms with Gasteiger partial charge in [-0.25, -0.2) is 13.4 Å². The van der Waals surface area contributed by atoms with E-state index in [0.29, 0.717) is 23.5 Å². The maximum Gasteiger partial charge on any atom is 0.416 e. The van der Waals surface area contributed by atoms with Gasteiger partial charge in [0.05, 0.1) is 23.0 Å². The largest absolute Gasteiger partial charge is 0.416 e. The SMILES string of the molecule is O=C(Nc1ncc(Cc2ccc(C(F)(F)F)cc2)s1)C1CCS(=O)(=O)C1. The number of alkyl halides is 3. The number of nitrogens with one attached hydrogen (secondary N) is 1. The number of carbonyl (C=O) groups excluding carboxylic acids is 1. The molecule has 5 nitrogen and oxygen atoms in total. The monoisotopic (exact) mass is 404 g/mol. The van der Waals surface area contributed by atoms with Crippen LogP contribution in [0.15, 0.2) is 30.5 Å². The molecule has 1 aromatic carbocycles. The van der Waals surface area contributed by atoms with Crippen molar-refractivity contribution in [1.29, 1.82) is 0 Å². The van der Waals surface area contributed by atoms with E-state index in [1.807, 2.05) is 0 Å². The lowest BCUT2D eigenvalue weighted by Gasteiger charge is -2.07. The van der Waals surface area contributed by atoms with Gasteiger partial charge in [0.15, 0.2) is 15.0 Å². The Balaban J connectivity index is 1.60. The van der Waals surface area contributed by atoms with Crippen molar-refractivity contribution < 1.29 is 26.4 Å². The zero-order chi connectivity index (χ0) is 18.9. The van der Waals surface area contributed by atoms with Crippen LogP contribution in [0.5, 0.6) is 0 Å². The third kappa shape index (κ3) is 4.61. The number of thiazole rings is 1. The molecule has 1 atom stereocenters. The van der Waals surface area contributed by atoms with E-state index in [4.69, 9.17) is 0 Å². The predicted molar refractivity (Wildman–Crippen MR) is 91.8 cm³/mol. The summed E-state index contributed by atoms with van der Waals surface area (Å²) >= 11 is 1.21. The Labute approximate surface area is 152 Å². The van der Waals surface area contributed by atoms with Crippen LogP contribution in [0, 0.1) is 5.92 Å². The number of sulfone groups is 1. The molecule has 2 aromatic rings. The Morgan fingerprint density at radius 1 is 1.27 bits per heavy atom. The number of amides is 1. The number of hydrogen-bond donors (Lipinski definition) is 1. The van der Waals surface area contributed by atoms with Gasteiger partial charge in [0.25, 0.3) is 0 Å². The van der Waals surface area contributed by atoms with Gasteiger partial charge in [0.1, 0.15) is 0 Å². The number of hydrogen-bond acceptors (Lipinski definition) is 5. The van der Waals surface area contributed by atoms with E-state index in [1.54, 1.807) is 6.20 Å². The quantitative estimate of drug-likeness (QED) is 0.850.